The summed E-state index contributed by atoms with van der Waals surface area (Å²) in [5, 5.41) is 9.72. The lowest BCUT2D eigenvalue weighted by molar-refractivity contribution is -0.274. The summed E-state index contributed by atoms with van der Waals surface area (Å²) < 4.78 is 41.4. The number of hydrogen-bond acceptors (Lipinski definition) is 5. The number of rotatable bonds is 8. The molecule has 0 atom stereocenters. The van der Waals surface area contributed by atoms with Crippen molar-refractivity contribution in [2.45, 2.75) is 44.9 Å². The van der Waals surface area contributed by atoms with Crippen LogP contribution in [0.15, 0.2) is 53.9 Å². The monoisotopic (exact) mass is 562 g/mol. The van der Waals surface area contributed by atoms with Crippen molar-refractivity contribution in [3.8, 4) is 16.9 Å². The second-order valence-electron chi connectivity index (χ2n) is 8.99. The van der Waals surface area contributed by atoms with Crippen molar-refractivity contribution in [2.75, 3.05) is 25.0 Å². The number of para-hydroxylation sites is 1. The van der Waals surface area contributed by atoms with Crippen molar-refractivity contribution >= 4 is 40.3 Å². The van der Waals surface area contributed by atoms with Gasteiger partial charge in [0.2, 0.25) is 0 Å². The number of unbranched alkanes of at least 4 members (excludes halogenated alkanes) is 1. The number of alkyl halides is 3. The SMILES string of the molecule is CCCCNC(=S)N1CCC(c2nc(C(=O)Nc3ccccc3-c3ccc(OC(F)(F)F)cc3)cs2)CC1. The molecule has 1 amide bonds. The molecule has 0 radical (unpaired) electrons. The number of anilines is 1. The number of piperidine rings is 1. The van der Waals surface area contributed by atoms with Crippen LogP contribution in [0, 0.1) is 0 Å². The van der Waals surface area contributed by atoms with Gasteiger partial charge in [0.15, 0.2) is 5.11 Å². The van der Waals surface area contributed by atoms with Gasteiger partial charge in [-0.15, -0.1) is 24.5 Å². The van der Waals surface area contributed by atoms with Crippen molar-refractivity contribution in [3.05, 3.63) is 64.6 Å². The Kier molecular flexibility index (Phi) is 9.22. The molecule has 2 aromatic carbocycles. The van der Waals surface area contributed by atoms with Crippen LogP contribution in [0.3, 0.4) is 0 Å². The van der Waals surface area contributed by atoms with Gasteiger partial charge in [-0.2, -0.15) is 0 Å². The lowest BCUT2D eigenvalue weighted by Gasteiger charge is -2.33. The number of carbonyl (C=O) groups is 1. The van der Waals surface area contributed by atoms with E-state index in [0.717, 1.165) is 55.4 Å². The van der Waals surface area contributed by atoms with Gasteiger partial charge in [0.25, 0.3) is 5.91 Å². The second kappa shape index (κ2) is 12.6. The maximum Gasteiger partial charge on any atom is 0.573 e. The molecule has 1 aromatic heterocycles. The van der Waals surface area contributed by atoms with Gasteiger partial charge in [-0.1, -0.05) is 43.7 Å². The zero-order chi connectivity index (χ0) is 27.1. The molecule has 202 valence electrons. The van der Waals surface area contributed by atoms with Gasteiger partial charge in [-0.25, -0.2) is 4.98 Å². The fourth-order valence-electron chi connectivity index (χ4n) is 4.26. The molecular formula is C27H29F3N4O2S2. The Morgan fingerprint density at radius 3 is 2.55 bits per heavy atom. The smallest absolute Gasteiger partial charge is 0.406 e. The van der Waals surface area contributed by atoms with Gasteiger partial charge in [-0.3, -0.25) is 4.79 Å². The number of ether oxygens (including phenoxy) is 1. The second-order valence-corrected chi connectivity index (χ2v) is 10.3. The number of thiazole rings is 1. The molecule has 1 saturated heterocycles. The van der Waals surface area contributed by atoms with Crippen LogP contribution in [-0.4, -0.2) is 46.9 Å². The topological polar surface area (TPSA) is 66.5 Å². The Bertz CT molecular complexity index is 1240. The first kappa shape index (κ1) is 27.8. The van der Waals surface area contributed by atoms with Crippen molar-refractivity contribution in [3.63, 3.8) is 0 Å². The van der Waals surface area contributed by atoms with Gasteiger partial charge in [0.05, 0.1) is 5.01 Å². The van der Waals surface area contributed by atoms with Crippen molar-refractivity contribution in [1.82, 2.24) is 15.2 Å². The number of thiocarbonyl (C=S) groups is 1. The molecule has 6 nitrogen and oxygen atoms in total. The molecule has 38 heavy (non-hydrogen) atoms. The van der Waals surface area contributed by atoms with E-state index in [1.54, 1.807) is 29.6 Å². The maximum atomic E-state index is 13.0. The highest BCUT2D eigenvalue weighted by Gasteiger charge is 2.31. The molecule has 0 spiro atoms. The largest absolute Gasteiger partial charge is 0.573 e. The number of nitrogens with zero attached hydrogens (tertiary/aromatic N) is 2. The van der Waals surface area contributed by atoms with E-state index in [1.165, 1.54) is 35.6 Å². The molecule has 2 N–H and O–H groups in total. The highest BCUT2D eigenvalue weighted by molar-refractivity contribution is 7.80. The summed E-state index contributed by atoms with van der Waals surface area (Å²) in [5.74, 6) is -0.366. The van der Waals surface area contributed by atoms with E-state index in [9.17, 15) is 18.0 Å². The van der Waals surface area contributed by atoms with Crippen LogP contribution < -0.4 is 15.4 Å². The number of carbonyl (C=O) groups excluding carboxylic acids is 1. The molecule has 0 bridgehead atoms. The molecule has 4 rings (SSSR count). The molecule has 1 aliphatic rings. The van der Waals surface area contributed by atoms with Gasteiger partial charge < -0.3 is 20.3 Å². The quantitative estimate of drug-likeness (QED) is 0.232. The van der Waals surface area contributed by atoms with Crippen molar-refractivity contribution in [2.24, 2.45) is 0 Å². The number of hydrogen-bond donors (Lipinski definition) is 2. The fourth-order valence-corrected chi connectivity index (χ4v) is 5.52. The predicted octanol–water partition coefficient (Wildman–Crippen LogP) is 6.82. The van der Waals surface area contributed by atoms with E-state index in [2.05, 4.69) is 32.2 Å². The van der Waals surface area contributed by atoms with Crippen LogP contribution in [0.25, 0.3) is 11.1 Å². The van der Waals surface area contributed by atoms with E-state index >= 15 is 0 Å². The Labute approximate surface area is 229 Å². The summed E-state index contributed by atoms with van der Waals surface area (Å²) in [6, 6.07) is 12.6. The normalized spacial score (nSPS) is 14.3. The zero-order valence-corrected chi connectivity index (χ0v) is 22.5. The van der Waals surface area contributed by atoms with Gasteiger partial charge in [0, 0.05) is 42.2 Å². The maximum absolute atomic E-state index is 13.0. The molecule has 0 aliphatic carbocycles. The van der Waals surface area contributed by atoms with E-state index in [-0.39, 0.29) is 17.6 Å². The number of likely N-dealkylation sites (tertiary alicyclic amines) is 1. The van der Waals surface area contributed by atoms with Crippen LogP contribution in [0.1, 0.15) is 54.0 Å². The van der Waals surface area contributed by atoms with Crippen molar-refractivity contribution in [1.29, 1.82) is 0 Å². The molecule has 11 heteroatoms. The number of nitrogens with one attached hydrogen (secondary N) is 2. The summed E-state index contributed by atoms with van der Waals surface area (Å²) in [7, 11) is 0. The predicted molar refractivity (Wildman–Crippen MR) is 148 cm³/mol. The summed E-state index contributed by atoms with van der Waals surface area (Å²) >= 11 is 7.00. The first-order valence-corrected chi connectivity index (χ1v) is 13.8. The van der Waals surface area contributed by atoms with Gasteiger partial charge >= 0.3 is 6.36 Å². The van der Waals surface area contributed by atoms with Crippen molar-refractivity contribution < 1.29 is 22.7 Å². The molecular weight excluding hydrogens is 533 g/mol. The summed E-state index contributed by atoms with van der Waals surface area (Å²) in [6.45, 7) is 4.74. The number of amides is 1. The highest BCUT2D eigenvalue weighted by atomic mass is 32.1. The molecule has 0 saturated carbocycles. The Morgan fingerprint density at radius 1 is 1.16 bits per heavy atom. The molecule has 2 heterocycles. The van der Waals surface area contributed by atoms with E-state index < -0.39 is 6.36 Å². The number of halogens is 3. The van der Waals surface area contributed by atoms with Crippen LogP contribution >= 0.6 is 23.6 Å². The number of benzene rings is 2. The number of aromatic nitrogens is 1. The minimum atomic E-state index is -4.75. The summed E-state index contributed by atoms with van der Waals surface area (Å²) in [6.07, 6.45) is -0.706. The summed E-state index contributed by atoms with van der Waals surface area (Å²) in [4.78, 5) is 19.8. The third-order valence-electron chi connectivity index (χ3n) is 6.27. The van der Waals surface area contributed by atoms with E-state index in [4.69, 9.17) is 12.2 Å². The molecule has 1 fully saturated rings. The van der Waals surface area contributed by atoms with Gasteiger partial charge in [-0.05, 0) is 55.2 Å². The average molecular weight is 563 g/mol. The van der Waals surface area contributed by atoms with Gasteiger partial charge in [0.1, 0.15) is 11.4 Å². The minimum absolute atomic E-state index is 0.279. The van der Waals surface area contributed by atoms with Crippen LogP contribution in [0.4, 0.5) is 18.9 Å². The Hall–Kier alpha value is -3.18. The standard InChI is InChI=1S/C27H29F3N4O2S2/c1-2-3-14-31-26(37)34-15-12-19(13-16-34)25-33-23(17-38-25)24(35)32-22-7-5-4-6-21(22)18-8-10-20(11-9-18)36-27(28,29)30/h4-11,17,19H,2-3,12-16H2,1H3,(H,31,37)(H,32,35). The van der Waals surface area contributed by atoms with E-state index in [1.807, 2.05) is 0 Å². The molecule has 1 aliphatic heterocycles. The zero-order valence-electron chi connectivity index (χ0n) is 20.9. The van der Waals surface area contributed by atoms with Crippen LogP contribution in [0.5, 0.6) is 5.75 Å². The summed E-state index contributed by atoms with van der Waals surface area (Å²) in [5.41, 5.74) is 2.19. The Morgan fingerprint density at radius 2 is 1.87 bits per heavy atom. The lowest BCUT2D eigenvalue weighted by atomic mass is 9.98. The molecule has 0 unspecified atom stereocenters. The average Bonchev–Trinajstić information content (AvgIpc) is 3.40. The third-order valence-corrected chi connectivity index (χ3v) is 7.68. The first-order chi connectivity index (χ1) is 18.2. The Balaban J connectivity index is 1.37. The fraction of sp³-hybridized carbons (Fsp3) is 0.370. The van der Waals surface area contributed by atoms with E-state index in [0.29, 0.717) is 22.5 Å². The first-order valence-electron chi connectivity index (χ1n) is 12.5. The third kappa shape index (κ3) is 7.44. The van der Waals surface area contributed by atoms with Crippen LogP contribution in [0.2, 0.25) is 0 Å². The van der Waals surface area contributed by atoms with Crippen LogP contribution in [-0.2, 0) is 0 Å². The highest BCUT2D eigenvalue weighted by Crippen LogP contribution is 2.33. The molecule has 3 aromatic rings. The minimum Gasteiger partial charge on any atom is -0.406 e. The lowest BCUT2D eigenvalue weighted by Crippen LogP contribution is -2.44.